The highest BCUT2D eigenvalue weighted by Crippen LogP contribution is 2.33. The third-order valence-electron chi connectivity index (χ3n) is 3.63. The molecule has 1 amide bonds. The Labute approximate surface area is 150 Å². The van der Waals surface area contributed by atoms with Crippen molar-refractivity contribution < 1.29 is 14.3 Å². The second kappa shape index (κ2) is 8.72. The monoisotopic (exact) mass is 365 g/mol. The van der Waals surface area contributed by atoms with Gasteiger partial charge in [-0.2, -0.15) is 0 Å². The summed E-state index contributed by atoms with van der Waals surface area (Å²) in [5, 5.41) is 6.72. The number of anilines is 1. The average Bonchev–Trinajstić information content (AvgIpc) is 2.93. The Bertz CT molecular complexity index is 760. The van der Waals surface area contributed by atoms with E-state index in [9.17, 15) is 9.59 Å². The lowest BCUT2D eigenvalue weighted by molar-refractivity contribution is -0.139. The zero-order valence-electron chi connectivity index (χ0n) is 14.9. The van der Waals surface area contributed by atoms with E-state index in [1.165, 1.54) is 24.8 Å². The summed E-state index contributed by atoms with van der Waals surface area (Å²) in [5.74, 6) is -0.0795. The molecule has 2 aromatic heterocycles. The first-order valence-electron chi connectivity index (χ1n) is 7.91. The molecule has 25 heavy (non-hydrogen) atoms. The van der Waals surface area contributed by atoms with Gasteiger partial charge in [-0.25, -0.2) is 9.97 Å². The van der Waals surface area contributed by atoms with Crippen LogP contribution in [-0.2, 0) is 9.53 Å². The van der Waals surface area contributed by atoms with Crippen LogP contribution in [0.1, 0.15) is 21.7 Å². The number of ether oxygens (including phenoxy) is 1. The maximum absolute atomic E-state index is 12.3. The number of carbonyl (C=O) groups excluding carboxylic acids is 2. The number of aryl methyl sites for hydroxylation is 1. The molecule has 0 aliphatic carbocycles. The number of hydrogen-bond donors (Lipinski definition) is 2. The van der Waals surface area contributed by atoms with Crippen molar-refractivity contribution in [1.82, 2.24) is 20.2 Å². The molecule has 2 heterocycles. The van der Waals surface area contributed by atoms with Gasteiger partial charge in [0.15, 0.2) is 0 Å². The molecule has 0 spiro atoms. The van der Waals surface area contributed by atoms with Gasteiger partial charge in [0.25, 0.3) is 5.91 Å². The van der Waals surface area contributed by atoms with Gasteiger partial charge in [-0.3, -0.25) is 9.59 Å². The molecule has 0 fully saturated rings. The molecule has 2 rings (SSSR count). The molecule has 2 aromatic rings. The van der Waals surface area contributed by atoms with Crippen molar-refractivity contribution in [2.75, 3.05) is 46.2 Å². The Morgan fingerprint density at radius 2 is 2.08 bits per heavy atom. The normalized spacial score (nSPS) is 10.9. The lowest BCUT2D eigenvalue weighted by atomic mass is 10.2. The van der Waals surface area contributed by atoms with E-state index in [0.717, 1.165) is 41.1 Å². The summed E-state index contributed by atoms with van der Waals surface area (Å²) in [7, 11) is 5.35. The fourth-order valence-electron chi connectivity index (χ4n) is 2.33. The van der Waals surface area contributed by atoms with Crippen LogP contribution < -0.4 is 10.6 Å². The Morgan fingerprint density at radius 3 is 2.76 bits per heavy atom. The molecular formula is C16H23N5O3S. The minimum Gasteiger partial charge on any atom is -0.468 e. The van der Waals surface area contributed by atoms with Crippen LogP contribution in [0.2, 0.25) is 0 Å². The van der Waals surface area contributed by atoms with Crippen LogP contribution in [0.5, 0.6) is 0 Å². The number of thiophene rings is 1. The zero-order valence-corrected chi connectivity index (χ0v) is 15.7. The second-order valence-electron chi connectivity index (χ2n) is 5.80. The van der Waals surface area contributed by atoms with Crippen molar-refractivity contribution >= 4 is 39.2 Å². The first kappa shape index (κ1) is 19.1. The van der Waals surface area contributed by atoms with E-state index in [1.807, 2.05) is 21.0 Å². The van der Waals surface area contributed by atoms with Gasteiger partial charge >= 0.3 is 5.97 Å². The number of rotatable bonds is 8. The van der Waals surface area contributed by atoms with Gasteiger partial charge in [-0.1, -0.05) is 0 Å². The quantitative estimate of drug-likeness (QED) is 0.537. The van der Waals surface area contributed by atoms with Crippen molar-refractivity contribution in [3.63, 3.8) is 0 Å². The summed E-state index contributed by atoms with van der Waals surface area (Å²) in [5.41, 5.74) is 0.804. The van der Waals surface area contributed by atoms with Crippen molar-refractivity contribution in [2.45, 2.75) is 13.3 Å². The summed E-state index contributed by atoms with van der Waals surface area (Å²) in [6, 6.07) is 0. The Balaban J connectivity index is 2.16. The molecular weight excluding hydrogens is 342 g/mol. The predicted molar refractivity (Wildman–Crippen MR) is 98.2 cm³/mol. The lowest BCUT2D eigenvalue weighted by Gasteiger charge is -2.10. The summed E-state index contributed by atoms with van der Waals surface area (Å²) >= 11 is 1.29. The van der Waals surface area contributed by atoms with E-state index in [2.05, 4.69) is 30.2 Å². The third-order valence-corrected chi connectivity index (χ3v) is 4.83. The number of hydrogen-bond acceptors (Lipinski definition) is 8. The van der Waals surface area contributed by atoms with Crippen LogP contribution in [-0.4, -0.2) is 67.6 Å². The fraction of sp³-hybridized carbons (Fsp3) is 0.500. The minimum absolute atomic E-state index is 0.162. The number of methoxy groups -OCH3 is 1. The lowest BCUT2D eigenvalue weighted by Crippen LogP contribution is -2.29. The maximum atomic E-state index is 12.3. The van der Waals surface area contributed by atoms with Gasteiger partial charge in [0.1, 0.15) is 23.5 Å². The van der Waals surface area contributed by atoms with E-state index < -0.39 is 5.97 Å². The summed E-state index contributed by atoms with van der Waals surface area (Å²) in [4.78, 5) is 35.5. The van der Waals surface area contributed by atoms with Crippen LogP contribution in [0.25, 0.3) is 10.2 Å². The van der Waals surface area contributed by atoms with Gasteiger partial charge in [0.2, 0.25) is 0 Å². The van der Waals surface area contributed by atoms with Gasteiger partial charge in [-0.05, 0) is 39.5 Å². The molecule has 136 valence electrons. The Kier molecular flexibility index (Phi) is 6.65. The number of aromatic nitrogens is 2. The van der Waals surface area contributed by atoms with Crippen LogP contribution in [0.3, 0.4) is 0 Å². The number of fused-ring (bicyclic) bond motifs is 1. The first-order chi connectivity index (χ1) is 11.9. The molecule has 0 atom stereocenters. The van der Waals surface area contributed by atoms with E-state index in [1.54, 1.807) is 0 Å². The first-order valence-corrected chi connectivity index (χ1v) is 8.73. The predicted octanol–water partition coefficient (Wildman–Crippen LogP) is 1.27. The summed E-state index contributed by atoms with van der Waals surface area (Å²) < 4.78 is 4.53. The van der Waals surface area contributed by atoms with Crippen LogP contribution in [0.4, 0.5) is 5.82 Å². The third kappa shape index (κ3) is 4.86. The fourth-order valence-corrected chi connectivity index (χ4v) is 3.39. The van der Waals surface area contributed by atoms with Gasteiger partial charge in [0, 0.05) is 6.54 Å². The highest BCUT2D eigenvalue weighted by molar-refractivity contribution is 7.20. The largest absolute Gasteiger partial charge is 0.468 e. The molecule has 8 nitrogen and oxygen atoms in total. The topological polar surface area (TPSA) is 96.4 Å². The van der Waals surface area contributed by atoms with Gasteiger partial charge < -0.3 is 20.3 Å². The highest BCUT2D eigenvalue weighted by atomic mass is 32.1. The Hall–Kier alpha value is -2.26. The number of nitrogens with zero attached hydrogens (tertiary/aromatic N) is 3. The van der Waals surface area contributed by atoms with Crippen molar-refractivity contribution in [2.24, 2.45) is 0 Å². The summed E-state index contributed by atoms with van der Waals surface area (Å²) in [6.07, 6.45) is 2.47. The van der Waals surface area contributed by atoms with Crippen molar-refractivity contribution in [3.05, 3.63) is 16.8 Å². The van der Waals surface area contributed by atoms with Crippen LogP contribution in [0, 0.1) is 6.92 Å². The molecule has 0 unspecified atom stereocenters. The van der Waals surface area contributed by atoms with Crippen LogP contribution >= 0.6 is 11.3 Å². The Morgan fingerprint density at radius 1 is 1.32 bits per heavy atom. The van der Waals surface area contributed by atoms with Gasteiger partial charge in [-0.15, -0.1) is 11.3 Å². The zero-order chi connectivity index (χ0) is 18.4. The molecule has 0 aliphatic heterocycles. The average molecular weight is 365 g/mol. The molecule has 0 radical (unpaired) electrons. The van der Waals surface area contributed by atoms with E-state index in [0.29, 0.717) is 4.88 Å². The molecule has 2 N–H and O–H groups in total. The molecule has 0 aliphatic rings. The van der Waals surface area contributed by atoms with Crippen molar-refractivity contribution in [3.8, 4) is 0 Å². The number of amides is 1. The smallest absolute Gasteiger partial charge is 0.325 e. The molecule has 9 heteroatoms. The maximum Gasteiger partial charge on any atom is 0.325 e. The molecule has 0 saturated carbocycles. The molecule has 0 aromatic carbocycles. The standard InChI is InChI=1S/C16H23N5O3S/c1-10-12-14(17-6-5-7-21(2)3)19-9-20-16(12)25-13(10)15(23)18-8-11(22)24-4/h9H,5-8H2,1-4H3,(H,18,23)(H,17,19,20). The number of carbonyl (C=O) groups is 2. The van der Waals surface area contributed by atoms with E-state index >= 15 is 0 Å². The van der Waals surface area contributed by atoms with Crippen LogP contribution in [0.15, 0.2) is 6.33 Å². The molecule has 0 saturated heterocycles. The minimum atomic E-state index is -0.491. The number of nitrogens with one attached hydrogen (secondary N) is 2. The highest BCUT2D eigenvalue weighted by Gasteiger charge is 2.19. The van der Waals surface area contributed by atoms with E-state index in [-0.39, 0.29) is 12.5 Å². The van der Waals surface area contributed by atoms with Crippen molar-refractivity contribution in [1.29, 1.82) is 0 Å². The van der Waals surface area contributed by atoms with Gasteiger partial charge in [0.05, 0.1) is 17.4 Å². The number of esters is 1. The molecule has 0 bridgehead atoms. The SMILES string of the molecule is COC(=O)CNC(=O)c1sc2ncnc(NCCCN(C)C)c2c1C. The van der Waals surface area contributed by atoms with E-state index in [4.69, 9.17) is 0 Å². The second-order valence-corrected chi connectivity index (χ2v) is 6.80. The summed E-state index contributed by atoms with van der Waals surface area (Å²) in [6.45, 7) is 3.46.